The molecule has 3 fully saturated rings. The van der Waals surface area contributed by atoms with Gasteiger partial charge in [0.15, 0.2) is 5.78 Å². The van der Waals surface area contributed by atoms with E-state index in [1.807, 2.05) is 19.9 Å². The zero-order valence-corrected chi connectivity index (χ0v) is 21.8. The number of esters is 1. The van der Waals surface area contributed by atoms with Gasteiger partial charge in [-0.1, -0.05) is 39.2 Å². The zero-order chi connectivity index (χ0) is 24.2. The van der Waals surface area contributed by atoms with Crippen LogP contribution in [0.25, 0.3) is 0 Å². The van der Waals surface area contributed by atoms with E-state index in [9.17, 15) is 14.7 Å². The molecule has 0 saturated heterocycles. The lowest BCUT2D eigenvalue weighted by atomic mass is 9.46. The molecule has 0 aliphatic heterocycles. The molecule has 0 spiro atoms. The van der Waals surface area contributed by atoms with Crippen LogP contribution in [-0.4, -0.2) is 28.6 Å². The molecule has 0 aromatic rings. The predicted molar refractivity (Wildman–Crippen MR) is 130 cm³/mol. The van der Waals surface area contributed by atoms with Crippen LogP contribution in [0.5, 0.6) is 0 Å². The first-order chi connectivity index (χ1) is 15.3. The Morgan fingerprint density at radius 2 is 1.91 bits per heavy atom. The van der Waals surface area contributed by atoms with E-state index < -0.39 is 5.60 Å². The lowest BCUT2D eigenvalue weighted by Crippen LogP contribution is -2.53. The number of hydrogen-bond donors (Lipinski definition) is 1. The van der Waals surface area contributed by atoms with Crippen molar-refractivity contribution in [1.29, 1.82) is 0 Å². The van der Waals surface area contributed by atoms with Crippen LogP contribution in [0.3, 0.4) is 0 Å². The summed E-state index contributed by atoms with van der Waals surface area (Å²) in [6, 6.07) is 0. The number of carbonyl (C=O) groups is 2. The van der Waals surface area contributed by atoms with Gasteiger partial charge in [0.1, 0.15) is 6.10 Å². The number of hydrogen-bond acceptors (Lipinski definition) is 4. The molecule has 4 aliphatic rings. The van der Waals surface area contributed by atoms with Crippen molar-refractivity contribution in [2.24, 2.45) is 40.4 Å². The van der Waals surface area contributed by atoms with Gasteiger partial charge < -0.3 is 9.84 Å². The molecule has 4 rings (SSSR count). The van der Waals surface area contributed by atoms with E-state index in [4.69, 9.17) is 4.74 Å². The van der Waals surface area contributed by atoms with Crippen molar-refractivity contribution >= 4 is 11.8 Å². The van der Waals surface area contributed by atoms with Crippen molar-refractivity contribution in [3.8, 4) is 0 Å². The molecule has 0 bridgehead atoms. The molecule has 0 heterocycles. The molecule has 1 N–H and O–H groups in total. The lowest BCUT2D eigenvalue weighted by Gasteiger charge is -2.57. The highest BCUT2D eigenvalue weighted by Crippen LogP contribution is 2.66. The molecule has 0 radical (unpaired) electrons. The number of rotatable bonds is 6. The molecule has 8 atom stereocenters. The third-order valence-electron chi connectivity index (χ3n) is 10.4. The van der Waals surface area contributed by atoms with Gasteiger partial charge in [-0.15, -0.1) is 0 Å². The van der Waals surface area contributed by atoms with Crippen molar-refractivity contribution < 1.29 is 19.4 Å². The summed E-state index contributed by atoms with van der Waals surface area (Å²) in [4.78, 5) is 25.1. The SMILES string of the molecule is CC(=O)O[C@H]1CC[C@@]2(C)C(=CC(=O)[C@H]3[C@@H]4CC[C@H]([C@H](C)CCCC(C)(C)O)[C@@]4(C)CC[C@@H]32)C1. The highest BCUT2D eigenvalue weighted by Gasteiger charge is 2.61. The Bertz CT molecular complexity index is 807. The van der Waals surface area contributed by atoms with Crippen molar-refractivity contribution in [3.05, 3.63) is 11.6 Å². The van der Waals surface area contributed by atoms with Gasteiger partial charge in [0.25, 0.3) is 0 Å². The van der Waals surface area contributed by atoms with Gasteiger partial charge in [0.05, 0.1) is 5.60 Å². The van der Waals surface area contributed by atoms with Crippen LogP contribution in [0.2, 0.25) is 0 Å². The number of aliphatic hydroxyl groups is 1. The molecular weight excluding hydrogens is 412 g/mol. The van der Waals surface area contributed by atoms with E-state index in [0.29, 0.717) is 29.5 Å². The summed E-state index contributed by atoms with van der Waals surface area (Å²) in [6.45, 7) is 12.6. The number of ether oxygens (including phenoxy) is 1. The molecule has 0 aromatic heterocycles. The lowest BCUT2D eigenvalue weighted by molar-refractivity contribution is -0.149. The molecule has 186 valence electrons. The Labute approximate surface area is 200 Å². The largest absolute Gasteiger partial charge is 0.462 e. The second-order valence-corrected chi connectivity index (χ2v) is 13.1. The smallest absolute Gasteiger partial charge is 0.302 e. The van der Waals surface area contributed by atoms with Crippen LogP contribution < -0.4 is 0 Å². The van der Waals surface area contributed by atoms with Gasteiger partial charge in [-0.25, -0.2) is 0 Å². The first kappa shape index (κ1) is 24.9. The van der Waals surface area contributed by atoms with Crippen LogP contribution >= 0.6 is 0 Å². The number of allylic oxidation sites excluding steroid dienone is 1. The Morgan fingerprint density at radius 3 is 2.58 bits per heavy atom. The quantitative estimate of drug-likeness (QED) is 0.478. The Morgan fingerprint density at radius 1 is 1.18 bits per heavy atom. The molecule has 0 amide bonds. The summed E-state index contributed by atoms with van der Waals surface area (Å²) in [6.07, 6.45) is 12.4. The Kier molecular flexibility index (Phi) is 6.66. The fourth-order valence-corrected chi connectivity index (χ4v) is 8.74. The minimum Gasteiger partial charge on any atom is -0.462 e. The number of carbonyl (C=O) groups excluding carboxylic acids is 2. The van der Waals surface area contributed by atoms with Gasteiger partial charge in [-0.05, 0) is 99.4 Å². The van der Waals surface area contributed by atoms with Crippen molar-refractivity contribution in [3.63, 3.8) is 0 Å². The molecule has 4 nitrogen and oxygen atoms in total. The molecule has 33 heavy (non-hydrogen) atoms. The first-order valence-corrected chi connectivity index (χ1v) is 13.5. The van der Waals surface area contributed by atoms with Crippen LogP contribution in [0.15, 0.2) is 11.6 Å². The average Bonchev–Trinajstić information content (AvgIpc) is 3.05. The van der Waals surface area contributed by atoms with E-state index in [1.165, 1.54) is 31.8 Å². The van der Waals surface area contributed by atoms with Gasteiger partial charge in [-0.3, -0.25) is 9.59 Å². The van der Waals surface area contributed by atoms with E-state index in [2.05, 4.69) is 20.8 Å². The fourth-order valence-electron chi connectivity index (χ4n) is 8.74. The van der Waals surface area contributed by atoms with Gasteiger partial charge in [0, 0.05) is 19.3 Å². The monoisotopic (exact) mass is 458 g/mol. The minimum atomic E-state index is -0.581. The predicted octanol–water partition coefficient (Wildman–Crippen LogP) is 6.25. The standard InChI is InChI=1S/C29H46O4/c1-18(8-7-13-27(3,4)32)22-9-10-23-26-24(12-15-29(22,23)6)28(5)14-11-21(33-19(2)30)16-20(28)17-25(26)31/h17-18,21-24,26,32H,7-16H2,1-6H3/t18-,21+,22-,23+,24+,26+,28+,29-/m1/s1. The Hall–Kier alpha value is -1.16. The second-order valence-electron chi connectivity index (χ2n) is 13.1. The third kappa shape index (κ3) is 4.58. The van der Waals surface area contributed by atoms with Crippen molar-refractivity contribution in [1.82, 2.24) is 0 Å². The summed E-state index contributed by atoms with van der Waals surface area (Å²) >= 11 is 0. The maximum atomic E-state index is 13.6. The third-order valence-corrected chi connectivity index (χ3v) is 10.4. The van der Waals surface area contributed by atoms with E-state index in [-0.39, 0.29) is 28.8 Å². The van der Waals surface area contributed by atoms with E-state index in [0.717, 1.165) is 44.9 Å². The average molecular weight is 459 g/mol. The highest BCUT2D eigenvalue weighted by molar-refractivity contribution is 5.94. The molecule has 0 unspecified atom stereocenters. The van der Waals surface area contributed by atoms with Crippen LogP contribution in [0.4, 0.5) is 0 Å². The van der Waals surface area contributed by atoms with Crippen molar-refractivity contribution in [2.45, 2.75) is 117 Å². The molecular formula is C29H46O4. The summed E-state index contributed by atoms with van der Waals surface area (Å²) in [7, 11) is 0. The number of fused-ring (bicyclic) bond motifs is 5. The summed E-state index contributed by atoms with van der Waals surface area (Å²) in [5.74, 6) is 2.54. The minimum absolute atomic E-state index is 0.0689. The topological polar surface area (TPSA) is 63.6 Å². The summed E-state index contributed by atoms with van der Waals surface area (Å²) < 4.78 is 5.53. The van der Waals surface area contributed by atoms with E-state index in [1.54, 1.807) is 0 Å². The van der Waals surface area contributed by atoms with Gasteiger partial charge >= 0.3 is 5.97 Å². The van der Waals surface area contributed by atoms with Gasteiger partial charge in [0.2, 0.25) is 0 Å². The first-order valence-electron chi connectivity index (χ1n) is 13.5. The molecule has 3 saturated carbocycles. The van der Waals surface area contributed by atoms with Gasteiger partial charge in [-0.2, -0.15) is 0 Å². The van der Waals surface area contributed by atoms with Crippen molar-refractivity contribution in [2.75, 3.05) is 0 Å². The maximum Gasteiger partial charge on any atom is 0.302 e. The van der Waals surface area contributed by atoms with Crippen LogP contribution in [-0.2, 0) is 14.3 Å². The summed E-state index contributed by atoms with van der Waals surface area (Å²) in [5.41, 5.74) is 0.987. The maximum absolute atomic E-state index is 13.6. The van der Waals surface area contributed by atoms with E-state index >= 15 is 0 Å². The fraction of sp³-hybridized carbons (Fsp3) is 0.862. The zero-order valence-electron chi connectivity index (χ0n) is 21.8. The summed E-state index contributed by atoms with van der Waals surface area (Å²) in [5, 5.41) is 10.1. The number of ketones is 1. The second kappa shape index (κ2) is 8.81. The molecule has 4 heteroatoms. The highest BCUT2D eigenvalue weighted by atomic mass is 16.5. The molecule has 4 aliphatic carbocycles. The van der Waals surface area contributed by atoms with Crippen LogP contribution in [0.1, 0.15) is 106 Å². The molecule has 0 aromatic carbocycles. The normalized spacial score (nSPS) is 41.5. The van der Waals surface area contributed by atoms with Crippen LogP contribution in [0, 0.1) is 40.4 Å². The Balaban J connectivity index is 1.51.